The smallest absolute Gasteiger partial charge is 0.0936 e. The van der Waals surface area contributed by atoms with E-state index in [-0.39, 0.29) is 6.10 Å². The van der Waals surface area contributed by atoms with Crippen LogP contribution in [-0.2, 0) is 9.47 Å². The van der Waals surface area contributed by atoms with Gasteiger partial charge in [-0.15, -0.1) is 0 Å². The summed E-state index contributed by atoms with van der Waals surface area (Å²) in [5.41, 5.74) is 0. The van der Waals surface area contributed by atoms with Crippen molar-refractivity contribution in [2.24, 2.45) is 0 Å². The Morgan fingerprint density at radius 2 is 2.00 bits per heavy atom. The lowest BCUT2D eigenvalue weighted by Gasteiger charge is -2.28. The third-order valence-corrected chi connectivity index (χ3v) is 2.92. The van der Waals surface area contributed by atoms with Crippen molar-refractivity contribution in [3.8, 4) is 0 Å². The lowest BCUT2D eigenvalue weighted by molar-refractivity contribution is -0.0688. The molecule has 96 valence electrons. The molecule has 0 saturated carbocycles. The first-order valence-corrected chi connectivity index (χ1v) is 6.77. The summed E-state index contributed by atoms with van der Waals surface area (Å²) < 4.78 is 11.4. The van der Waals surface area contributed by atoms with Gasteiger partial charge in [0, 0.05) is 19.7 Å². The van der Waals surface area contributed by atoms with Crippen LogP contribution >= 0.6 is 0 Å². The first-order chi connectivity index (χ1) is 7.83. The second kappa shape index (κ2) is 8.97. The van der Waals surface area contributed by atoms with Crippen LogP contribution in [0.2, 0.25) is 0 Å². The Labute approximate surface area is 99.9 Å². The van der Waals surface area contributed by atoms with E-state index < -0.39 is 0 Å². The number of rotatable bonds is 8. The molecule has 3 heteroatoms. The Morgan fingerprint density at radius 1 is 1.19 bits per heavy atom. The molecule has 0 aromatic heterocycles. The molecule has 1 rings (SSSR count). The Hall–Kier alpha value is -0.120. The minimum Gasteiger partial charge on any atom is -0.379 e. The van der Waals surface area contributed by atoms with Gasteiger partial charge < -0.3 is 14.8 Å². The van der Waals surface area contributed by atoms with E-state index in [0.29, 0.717) is 6.10 Å². The summed E-state index contributed by atoms with van der Waals surface area (Å²) in [7, 11) is 0. The van der Waals surface area contributed by atoms with E-state index in [4.69, 9.17) is 9.47 Å². The third kappa shape index (κ3) is 6.46. The van der Waals surface area contributed by atoms with Gasteiger partial charge in [-0.1, -0.05) is 32.6 Å². The van der Waals surface area contributed by atoms with Gasteiger partial charge in [0.15, 0.2) is 0 Å². The molecule has 1 aliphatic heterocycles. The molecule has 3 nitrogen and oxygen atoms in total. The molecule has 2 unspecified atom stereocenters. The molecule has 16 heavy (non-hydrogen) atoms. The summed E-state index contributed by atoms with van der Waals surface area (Å²) in [6.07, 6.45) is 7.07. The Kier molecular flexibility index (Phi) is 7.81. The molecule has 0 aromatic carbocycles. The van der Waals surface area contributed by atoms with Gasteiger partial charge in [0.25, 0.3) is 0 Å². The number of hydrogen-bond acceptors (Lipinski definition) is 3. The highest BCUT2D eigenvalue weighted by Crippen LogP contribution is 2.05. The Bertz CT molecular complexity index is 164. The first kappa shape index (κ1) is 13.9. The van der Waals surface area contributed by atoms with E-state index in [9.17, 15) is 0 Å². The molecular weight excluding hydrogens is 202 g/mol. The predicted molar refractivity (Wildman–Crippen MR) is 66.8 cm³/mol. The summed E-state index contributed by atoms with van der Waals surface area (Å²) in [4.78, 5) is 0. The SMILES string of the molecule is CCCCCCCOCC1CNCC(C)O1. The van der Waals surface area contributed by atoms with Gasteiger partial charge in [0.2, 0.25) is 0 Å². The molecule has 0 spiro atoms. The maximum absolute atomic E-state index is 5.74. The van der Waals surface area contributed by atoms with Crippen molar-refractivity contribution < 1.29 is 9.47 Å². The largest absolute Gasteiger partial charge is 0.379 e. The molecule has 1 N–H and O–H groups in total. The number of nitrogens with one attached hydrogen (secondary N) is 1. The number of morpholine rings is 1. The Balaban J connectivity index is 1.86. The fraction of sp³-hybridized carbons (Fsp3) is 1.00. The summed E-state index contributed by atoms with van der Waals surface area (Å²) in [5.74, 6) is 0. The molecular formula is C13H27NO2. The van der Waals surface area contributed by atoms with Crippen LogP contribution in [0, 0.1) is 0 Å². The lowest BCUT2D eigenvalue weighted by atomic mass is 10.2. The highest BCUT2D eigenvalue weighted by atomic mass is 16.5. The zero-order valence-electron chi connectivity index (χ0n) is 10.8. The minimum atomic E-state index is 0.249. The summed E-state index contributed by atoms with van der Waals surface area (Å²) in [6.45, 7) is 7.87. The maximum atomic E-state index is 5.74. The second-order valence-electron chi connectivity index (χ2n) is 4.72. The standard InChI is InChI=1S/C13H27NO2/c1-3-4-5-6-7-8-15-11-13-10-14-9-12(2)16-13/h12-14H,3-11H2,1-2H3. The quantitative estimate of drug-likeness (QED) is 0.648. The van der Waals surface area contributed by atoms with Crippen LogP contribution in [-0.4, -0.2) is 38.5 Å². The van der Waals surface area contributed by atoms with Crippen molar-refractivity contribution in [2.45, 2.75) is 58.2 Å². The van der Waals surface area contributed by atoms with E-state index in [1.807, 2.05) is 0 Å². The highest BCUT2D eigenvalue weighted by molar-refractivity contribution is 4.71. The molecule has 1 aliphatic rings. The maximum Gasteiger partial charge on any atom is 0.0936 e. The summed E-state index contributed by atoms with van der Waals surface area (Å²) in [5, 5.41) is 3.35. The molecule has 1 fully saturated rings. The molecule has 1 heterocycles. The van der Waals surface area contributed by atoms with Crippen molar-refractivity contribution in [2.75, 3.05) is 26.3 Å². The predicted octanol–water partition coefficient (Wildman–Crippen LogP) is 2.35. The van der Waals surface area contributed by atoms with Gasteiger partial charge in [-0.25, -0.2) is 0 Å². The fourth-order valence-electron chi connectivity index (χ4n) is 1.99. The van der Waals surface area contributed by atoms with Gasteiger partial charge in [0.1, 0.15) is 0 Å². The molecule has 0 aliphatic carbocycles. The molecule has 1 saturated heterocycles. The topological polar surface area (TPSA) is 30.5 Å². The zero-order chi connectivity index (χ0) is 11.6. The van der Waals surface area contributed by atoms with Crippen LogP contribution in [0.15, 0.2) is 0 Å². The average Bonchev–Trinajstić information content (AvgIpc) is 2.28. The van der Waals surface area contributed by atoms with Crippen LogP contribution in [0.1, 0.15) is 46.0 Å². The van der Waals surface area contributed by atoms with Gasteiger partial charge in [-0.3, -0.25) is 0 Å². The minimum absolute atomic E-state index is 0.249. The summed E-state index contributed by atoms with van der Waals surface area (Å²) >= 11 is 0. The van der Waals surface area contributed by atoms with E-state index in [1.165, 1.54) is 32.1 Å². The second-order valence-corrected chi connectivity index (χ2v) is 4.72. The van der Waals surface area contributed by atoms with Crippen molar-refractivity contribution in [1.29, 1.82) is 0 Å². The first-order valence-electron chi connectivity index (χ1n) is 6.77. The van der Waals surface area contributed by atoms with E-state index in [1.54, 1.807) is 0 Å². The van der Waals surface area contributed by atoms with Crippen LogP contribution in [0.3, 0.4) is 0 Å². The van der Waals surface area contributed by atoms with Crippen LogP contribution in [0.4, 0.5) is 0 Å². The molecule has 0 aromatic rings. The molecule has 0 amide bonds. The lowest BCUT2D eigenvalue weighted by Crippen LogP contribution is -2.45. The molecule has 0 bridgehead atoms. The van der Waals surface area contributed by atoms with Crippen LogP contribution in [0.25, 0.3) is 0 Å². The van der Waals surface area contributed by atoms with Crippen molar-refractivity contribution in [1.82, 2.24) is 5.32 Å². The Morgan fingerprint density at radius 3 is 2.75 bits per heavy atom. The average molecular weight is 229 g/mol. The monoisotopic (exact) mass is 229 g/mol. The van der Waals surface area contributed by atoms with Crippen LogP contribution < -0.4 is 5.32 Å². The highest BCUT2D eigenvalue weighted by Gasteiger charge is 2.18. The number of ether oxygens (including phenoxy) is 2. The van der Waals surface area contributed by atoms with Crippen molar-refractivity contribution in [3.63, 3.8) is 0 Å². The van der Waals surface area contributed by atoms with E-state index >= 15 is 0 Å². The zero-order valence-corrected chi connectivity index (χ0v) is 10.8. The van der Waals surface area contributed by atoms with Crippen LogP contribution in [0.5, 0.6) is 0 Å². The van der Waals surface area contributed by atoms with Gasteiger partial charge in [-0.05, 0) is 13.3 Å². The van der Waals surface area contributed by atoms with Crippen molar-refractivity contribution in [3.05, 3.63) is 0 Å². The third-order valence-electron chi connectivity index (χ3n) is 2.92. The van der Waals surface area contributed by atoms with Crippen molar-refractivity contribution >= 4 is 0 Å². The number of unbranched alkanes of at least 4 members (excludes halogenated alkanes) is 4. The van der Waals surface area contributed by atoms with Gasteiger partial charge in [0.05, 0.1) is 18.8 Å². The molecule has 2 atom stereocenters. The summed E-state index contributed by atoms with van der Waals surface area (Å²) in [6, 6.07) is 0. The molecule has 0 radical (unpaired) electrons. The van der Waals surface area contributed by atoms with Gasteiger partial charge >= 0.3 is 0 Å². The number of hydrogen-bond donors (Lipinski definition) is 1. The van der Waals surface area contributed by atoms with E-state index in [2.05, 4.69) is 19.2 Å². The van der Waals surface area contributed by atoms with Gasteiger partial charge in [-0.2, -0.15) is 0 Å². The van der Waals surface area contributed by atoms with E-state index in [0.717, 1.165) is 26.3 Å². The normalized spacial score (nSPS) is 25.9. The fourth-order valence-corrected chi connectivity index (χ4v) is 1.99.